The zero-order chi connectivity index (χ0) is 11.3. The van der Waals surface area contributed by atoms with E-state index in [2.05, 4.69) is 41.6 Å². The first-order valence-electron chi connectivity index (χ1n) is 5.93. The van der Waals surface area contributed by atoms with E-state index in [-0.39, 0.29) is 5.60 Å². The molecule has 0 N–H and O–H groups in total. The molecule has 15 heavy (non-hydrogen) atoms. The summed E-state index contributed by atoms with van der Waals surface area (Å²) >= 11 is 3.51. The Morgan fingerprint density at radius 3 is 2.73 bits per heavy atom. The normalized spacial score (nSPS) is 23.6. The van der Waals surface area contributed by atoms with Crippen LogP contribution >= 0.6 is 15.9 Å². The van der Waals surface area contributed by atoms with Gasteiger partial charge < -0.3 is 9.64 Å². The lowest BCUT2D eigenvalue weighted by atomic mass is 10.1. The molecule has 0 saturated carbocycles. The number of alkyl halides is 1. The number of likely N-dealkylation sites (tertiary alicyclic amines) is 1. The number of rotatable bonds is 5. The van der Waals surface area contributed by atoms with Crippen LogP contribution in [0.3, 0.4) is 0 Å². The van der Waals surface area contributed by atoms with Crippen LogP contribution in [0, 0.1) is 5.92 Å². The van der Waals surface area contributed by atoms with Gasteiger partial charge in [0, 0.05) is 18.4 Å². The van der Waals surface area contributed by atoms with E-state index in [0.29, 0.717) is 0 Å². The van der Waals surface area contributed by atoms with Crippen LogP contribution in [0.25, 0.3) is 0 Å². The van der Waals surface area contributed by atoms with Crippen LogP contribution in [-0.4, -0.2) is 42.1 Å². The first-order valence-corrected chi connectivity index (χ1v) is 7.05. The lowest BCUT2D eigenvalue weighted by molar-refractivity contribution is -0.0112. The molecule has 1 fully saturated rings. The maximum Gasteiger partial charge on any atom is 0.0600 e. The standard InChI is InChI=1S/C12H24BrNO/c1-12(2,3)15-9-8-14-7-5-11(10-14)4-6-13/h11H,4-10H2,1-3H3. The minimum absolute atomic E-state index is 0.00891. The molecule has 3 heteroatoms. The maximum absolute atomic E-state index is 5.74. The van der Waals surface area contributed by atoms with Gasteiger partial charge in [0.25, 0.3) is 0 Å². The Balaban J connectivity index is 2.09. The third-order valence-corrected chi connectivity index (χ3v) is 3.29. The van der Waals surface area contributed by atoms with E-state index in [1.54, 1.807) is 0 Å². The maximum atomic E-state index is 5.74. The topological polar surface area (TPSA) is 12.5 Å². The summed E-state index contributed by atoms with van der Waals surface area (Å²) in [5.74, 6) is 0.902. The third kappa shape index (κ3) is 5.88. The molecule has 1 atom stereocenters. The van der Waals surface area contributed by atoms with Gasteiger partial charge in [-0.25, -0.2) is 0 Å². The summed E-state index contributed by atoms with van der Waals surface area (Å²) in [6, 6.07) is 0. The van der Waals surface area contributed by atoms with E-state index < -0.39 is 0 Å². The van der Waals surface area contributed by atoms with Gasteiger partial charge in [0.1, 0.15) is 0 Å². The van der Waals surface area contributed by atoms with Crippen molar-refractivity contribution in [2.24, 2.45) is 5.92 Å². The van der Waals surface area contributed by atoms with E-state index >= 15 is 0 Å². The van der Waals surface area contributed by atoms with Crippen LogP contribution in [0.4, 0.5) is 0 Å². The molecule has 0 aromatic heterocycles. The zero-order valence-corrected chi connectivity index (χ0v) is 11.8. The Labute approximate surface area is 102 Å². The highest BCUT2D eigenvalue weighted by molar-refractivity contribution is 9.09. The third-order valence-electron chi connectivity index (χ3n) is 2.83. The molecule has 1 saturated heterocycles. The van der Waals surface area contributed by atoms with Crippen molar-refractivity contribution < 1.29 is 4.74 Å². The number of hydrogen-bond donors (Lipinski definition) is 0. The second kappa shape index (κ2) is 6.21. The Bertz CT molecular complexity index is 179. The molecule has 2 nitrogen and oxygen atoms in total. The fraction of sp³-hybridized carbons (Fsp3) is 1.00. The van der Waals surface area contributed by atoms with Crippen molar-refractivity contribution in [1.82, 2.24) is 4.90 Å². The molecular formula is C12H24BrNO. The zero-order valence-electron chi connectivity index (χ0n) is 10.3. The molecule has 0 radical (unpaired) electrons. The largest absolute Gasteiger partial charge is 0.375 e. The molecule has 0 spiro atoms. The summed E-state index contributed by atoms with van der Waals surface area (Å²) in [5.41, 5.74) is 0.00891. The van der Waals surface area contributed by atoms with E-state index in [4.69, 9.17) is 4.74 Å². The number of nitrogens with zero attached hydrogens (tertiary/aromatic N) is 1. The minimum Gasteiger partial charge on any atom is -0.375 e. The van der Waals surface area contributed by atoms with Gasteiger partial charge in [0.15, 0.2) is 0 Å². The van der Waals surface area contributed by atoms with Gasteiger partial charge >= 0.3 is 0 Å². The van der Waals surface area contributed by atoms with Gasteiger partial charge in [-0.05, 0) is 46.1 Å². The number of hydrogen-bond acceptors (Lipinski definition) is 2. The van der Waals surface area contributed by atoms with Crippen molar-refractivity contribution in [3.8, 4) is 0 Å². The second-order valence-electron chi connectivity index (χ2n) is 5.39. The summed E-state index contributed by atoms with van der Waals surface area (Å²) in [5, 5.41) is 1.14. The summed E-state index contributed by atoms with van der Waals surface area (Å²) in [6.07, 6.45) is 2.68. The molecule has 1 rings (SSSR count). The summed E-state index contributed by atoms with van der Waals surface area (Å²) in [6.45, 7) is 10.8. The van der Waals surface area contributed by atoms with Gasteiger partial charge in [-0.3, -0.25) is 0 Å². The molecule has 0 bridgehead atoms. The molecule has 1 heterocycles. The van der Waals surface area contributed by atoms with Crippen molar-refractivity contribution in [1.29, 1.82) is 0 Å². The quantitative estimate of drug-likeness (QED) is 0.717. The Morgan fingerprint density at radius 2 is 2.13 bits per heavy atom. The van der Waals surface area contributed by atoms with Gasteiger partial charge in [0.05, 0.1) is 12.2 Å². The van der Waals surface area contributed by atoms with Crippen molar-refractivity contribution in [3.05, 3.63) is 0 Å². The van der Waals surface area contributed by atoms with Gasteiger partial charge in [-0.1, -0.05) is 15.9 Å². The molecule has 1 aliphatic heterocycles. The highest BCUT2D eigenvalue weighted by Gasteiger charge is 2.21. The van der Waals surface area contributed by atoms with Crippen molar-refractivity contribution in [2.75, 3.05) is 31.6 Å². The van der Waals surface area contributed by atoms with E-state index in [1.165, 1.54) is 25.9 Å². The number of halogens is 1. The van der Waals surface area contributed by atoms with Crippen LogP contribution in [0.2, 0.25) is 0 Å². The summed E-state index contributed by atoms with van der Waals surface area (Å²) < 4.78 is 5.74. The smallest absolute Gasteiger partial charge is 0.0600 e. The number of ether oxygens (including phenoxy) is 1. The molecule has 1 aliphatic rings. The predicted molar refractivity (Wildman–Crippen MR) is 68.7 cm³/mol. The highest BCUT2D eigenvalue weighted by atomic mass is 79.9. The van der Waals surface area contributed by atoms with E-state index in [1.807, 2.05) is 0 Å². The first-order chi connectivity index (χ1) is 7.01. The molecule has 0 aromatic rings. The Morgan fingerprint density at radius 1 is 1.40 bits per heavy atom. The average molecular weight is 278 g/mol. The first kappa shape index (κ1) is 13.5. The fourth-order valence-electron chi connectivity index (χ4n) is 1.99. The lowest BCUT2D eigenvalue weighted by Gasteiger charge is -2.22. The van der Waals surface area contributed by atoms with Crippen molar-refractivity contribution >= 4 is 15.9 Å². The lowest BCUT2D eigenvalue weighted by Crippen LogP contribution is -2.29. The molecule has 0 aliphatic carbocycles. The molecule has 0 amide bonds. The average Bonchev–Trinajstić information content (AvgIpc) is 2.51. The molecular weight excluding hydrogens is 254 g/mol. The fourth-order valence-corrected chi connectivity index (χ4v) is 2.63. The van der Waals surface area contributed by atoms with E-state index in [9.17, 15) is 0 Å². The molecule has 1 unspecified atom stereocenters. The highest BCUT2D eigenvalue weighted by Crippen LogP contribution is 2.20. The summed E-state index contributed by atoms with van der Waals surface area (Å²) in [7, 11) is 0. The van der Waals surface area contributed by atoms with Crippen LogP contribution < -0.4 is 0 Å². The van der Waals surface area contributed by atoms with Gasteiger partial charge in [0.2, 0.25) is 0 Å². The van der Waals surface area contributed by atoms with Gasteiger partial charge in [-0.15, -0.1) is 0 Å². The van der Waals surface area contributed by atoms with Gasteiger partial charge in [-0.2, -0.15) is 0 Å². The molecule has 90 valence electrons. The van der Waals surface area contributed by atoms with Crippen LogP contribution in [-0.2, 0) is 4.74 Å². The van der Waals surface area contributed by atoms with Crippen LogP contribution in [0.15, 0.2) is 0 Å². The summed E-state index contributed by atoms with van der Waals surface area (Å²) in [4.78, 5) is 2.53. The second-order valence-corrected chi connectivity index (χ2v) is 6.19. The molecule has 0 aromatic carbocycles. The van der Waals surface area contributed by atoms with Crippen LogP contribution in [0.5, 0.6) is 0 Å². The van der Waals surface area contributed by atoms with Crippen molar-refractivity contribution in [3.63, 3.8) is 0 Å². The van der Waals surface area contributed by atoms with Crippen LogP contribution in [0.1, 0.15) is 33.6 Å². The van der Waals surface area contributed by atoms with E-state index in [0.717, 1.165) is 24.4 Å². The Hall–Kier alpha value is 0.400. The minimum atomic E-state index is 0.00891. The Kier molecular flexibility index (Phi) is 5.58. The predicted octanol–water partition coefficient (Wildman–Crippen LogP) is 2.91. The SMILES string of the molecule is CC(C)(C)OCCN1CCC(CCBr)C1. The monoisotopic (exact) mass is 277 g/mol. The van der Waals surface area contributed by atoms with Crippen molar-refractivity contribution in [2.45, 2.75) is 39.2 Å².